The number of phenols is 1. The zero-order valence-electron chi connectivity index (χ0n) is 11.2. The smallest absolute Gasteiger partial charge is 0.185 e. The fraction of sp³-hybridized carbons (Fsp3) is 0.200. The van der Waals surface area contributed by atoms with Crippen molar-refractivity contribution >= 4 is 11.9 Å². The molecule has 0 unspecified atom stereocenters. The molecular weight excluding hydrogens is 240 g/mol. The van der Waals surface area contributed by atoms with Crippen LogP contribution in [-0.4, -0.2) is 20.7 Å². The molecule has 0 aliphatic carbocycles. The summed E-state index contributed by atoms with van der Waals surface area (Å²) in [5.41, 5.74) is 3.44. The molecule has 0 radical (unpaired) electrons. The monoisotopic (exact) mass is 256 g/mol. The third kappa shape index (κ3) is 2.73. The second kappa shape index (κ2) is 5.10. The molecule has 0 saturated heterocycles. The highest BCUT2D eigenvalue weighted by Gasteiger charge is 2.07. The van der Waals surface area contributed by atoms with Gasteiger partial charge in [-0.3, -0.25) is 9.48 Å². The minimum atomic E-state index is -0.0948. The number of hydrogen-bond acceptors (Lipinski definition) is 3. The summed E-state index contributed by atoms with van der Waals surface area (Å²) in [5.74, 6) is 0.0575. The van der Waals surface area contributed by atoms with E-state index in [1.54, 1.807) is 22.9 Å². The average Bonchev–Trinajstić information content (AvgIpc) is 2.62. The lowest BCUT2D eigenvalue weighted by molar-refractivity contribution is 0.104. The number of carbonyl (C=O) groups excluding carboxylic acids is 1. The number of aryl methyl sites for hydroxylation is 2. The molecule has 19 heavy (non-hydrogen) atoms. The van der Waals surface area contributed by atoms with Gasteiger partial charge in [-0.1, -0.05) is 0 Å². The number of ketones is 1. The van der Waals surface area contributed by atoms with E-state index in [9.17, 15) is 9.90 Å². The van der Waals surface area contributed by atoms with Crippen LogP contribution in [-0.2, 0) is 7.05 Å². The SMILES string of the molecule is Cc1nn(C)c(C)c1/C=C/C(=O)c1ccc(O)cc1. The Morgan fingerprint density at radius 1 is 1.26 bits per heavy atom. The lowest BCUT2D eigenvalue weighted by Gasteiger charge is -1.97. The normalized spacial score (nSPS) is 11.1. The summed E-state index contributed by atoms with van der Waals surface area (Å²) in [6.07, 6.45) is 3.32. The quantitative estimate of drug-likeness (QED) is 0.678. The molecule has 0 bridgehead atoms. The highest BCUT2D eigenvalue weighted by molar-refractivity contribution is 6.06. The van der Waals surface area contributed by atoms with Crippen molar-refractivity contribution in [2.75, 3.05) is 0 Å². The van der Waals surface area contributed by atoms with Crippen molar-refractivity contribution in [1.82, 2.24) is 9.78 Å². The first-order valence-electron chi connectivity index (χ1n) is 6.00. The number of nitrogens with zero attached hydrogens (tertiary/aromatic N) is 2. The Labute approximate surface area is 112 Å². The maximum atomic E-state index is 12.0. The Bertz CT molecular complexity index is 637. The van der Waals surface area contributed by atoms with E-state index < -0.39 is 0 Å². The molecular formula is C15H16N2O2. The predicted molar refractivity (Wildman–Crippen MR) is 74.2 cm³/mol. The topological polar surface area (TPSA) is 55.1 Å². The van der Waals surface area contributed by atoms with Crippen LogP contribution < -0.4 is 0 Å². The Balaban J connectivity index is 2.23. The fourth-order valence-corrected chi connectivity index (χ4v) is 1.91. The van der Waals surface area contributed by atoms with Gasteiger partial charge in [0, 0.05) is 23.9 Å². The standard InChI is InChI=1S/C15H16N2O2/c1-10-14(11(2)17(3)16-10)8-9-15(19)12-4-6-13(18)7-5-12/h4-9,18H,1-3H3/b9-8+. The Morgan fingerprint density at radius 2 is 1.89 bits per heavy atom. The van der Waals surface area contributed by atoms with E-state index in [-0.39, 0.29) is 11.5 Å². The lowest BCUT2D eigenvalue weighted by atomic mass is 10.1. The first-order valence-corrected chi connectivity index (χ1v) is 6.00. The maximum absolute atomic E-state index is 12.0. The summed E-state index contributed by atoms with van der Waals surface area (Å²) in [6.45, 7) is 3.88. The molecule has 4 heteroatoms. The van der Waals surface area contributed by atoms with E-state index in [4.69, 9.17) is 0 Å². The van der Waals surface area contributed by atoms with E-state index in [0.717, 1.165) is 17.0 Å². The fourth-order valence-electron chi connectivity index (χ4n) is 1.91. The van der Waals surface area contributed by atoms with Gasteiger partial charge in [-0.25, -0.2) is 0 Å². The molecule has 0 fully saturated rings. The van der Waals surface area contributed by atoms with Crippen molar-refractivity contribution in [3.05, 3.63) is 52.9 Å². The van der Waals surface area contributed by atoms with Crippen LogP contribution in [0, 0.1) is 13.8 Å². The summed E-state index contributed by atoms with van der Waals surface area (Å²) in [5, 5.41) is 13.5. The minimum Gasteiger partial charge on any atom is -0.508 e. The number of aromatic hydroxyl groups is 1. The van der Waals surface area contributed by atoms with Crippen LogP contribution in [0.2, 0.25) is 0 Å². The van der Waals surface area contributed by atoms with Gasteiger partial charge in [0.1, 0.15) is 5.75 Å². The van der Waals surface area contributed by atoms with E-state index in [1.165, 1.54) is 18.2 Å². The van der Waals surface area contributed by atoms with Gasteiger partial charge >= 0.3 is 0 Å². The molecule has 2 aromatic rings. The van der Waals surface area contributed by atoms with E-state index >= 15 is 0 Å². The van der Waals surface area contributed by atoms with E-state index in [1.807, 2.05) is 20.9 Å². The number of phenolic OH excluding ortho intramolecular Hbond substituents is 1. The molecule has 98 valence electrons. The highest BCUT2D eigenvalue weighted by atomic mass is 16.3. The second-order valence-electron chi connectivity index (χ2n) is 4.45. The molecule has 4 nitrogen and oxygen atoms in total. The van der Waals surface area contributed by atoms with Gasteiger partial charge < -0.3 is 5.11 Å². The van der Waals surface area contributed by atoms with Gasteiger partial charge in [-0.15, -0.1) is 0 Å². The largest absolute Gasteiger partial charge is 0.508 e. The predicted octanol–water partition coefficient (Wildman–Crippen LogP) is 2.64. The van der Waals surface area contributed by atoms with Crippen LogP contribution in [0.5, 0.6) is 5.75 Å². The number of aromatic nitrogens is 2. The summed E-state index contributed by atoms with van der Waals surface area (Å²) in [7, 11) is 1.88. The number of allylic oxidation sites excluding steroid dienone is 1. The number of carbonyl (C=O) groups is 1. The second-order valence-corrected chi connectivity index (χ2v) is 4.45. The van der Waals surface area contributed by atoms with Gasteiger partial charge in [0.25, 0.3) is 0 Å². The maximum Gasteiger partial charge on any atom is 0.185 e. The zero-order valence-corrected chi connectivity index (χ0v) is 11.2. The van der Waals surface area contributed by atoms with E-state index in [0.29, 0.717) is 5.56 Å². The molecule has 1 aromatic carbocycles. The highest BCUT2D eigenvalue weighted by Crippen LogP contribution is 2.15. The zero-order chi connectivity index (χ0) is 14.0. The van der Waals surface area contributed by atoms with Gasteiger partial charge in [0.2, 0.25) is 0 Å². The van der Waals surface area contributed by atoms with Crippen LogP contribution in [0.25, 0.3) is 6.08 Å². The van der Waals surface area contributed by atoms with Crippen molar-refractivity contribution in [1.29, 1.82) is 0 Å². The Morgan fingerprint density at radius 3 is 2.42 bits per heavy atom. The first-order chi connectivity index (χ1) is 8.99. The summed E-state index contributed by atoms with van der Waals surface area (Å²) < 4.78 is 1.79. The van der Waals surface area contributed by atoms with Gasteiger partial charge in [-0.05, 0) is 50.3 Å². The number of rotatable bonds is 3. The van der Waals surface area contributed by atoms with Gasteiger partial charge in [0.05, 0.1) is 5.69 Å². The summed E-state index contributed by atoms with van der Waals surface area (Å²) >= 11 is 0. The molecule has 1 N–H and O–H groups in total. The Hall–Kier alpha value is -2.36. The third-order valence-electron chi connectivity index (χ3n) is 3.12. The average molecular weight is 256 g/mol. The molecule has 0 aliphatic heterocycles. The van der Waals surface area contributed by atoms with Crippen LogP contribution in [0.15, 0.2) is 30.3 Å². The van der Waals surface area contributed by atoms with Crippen LogP contribution in [0.1, 0.15) is 27.3 Å². The molecule has 0 saturated carbocycles. The molecule has 1 heterocycles. The van der Waals surface area contributed by atoms with Crippen molar-refractivity contribution < 1.29 is 9.90 Å². The number of hydrogen-bond donors (Lipinski definition) is 1. The van der Waals surface area contributed by atoms with Crippen LogP contribution in [0.4, 0.5) is 0 Å². The Kier molecular flexibility index (Phi) is 3.51. The molecule has 2 rings (SSSR count). The molecule has 0 spiro atoms. The summed E-state index contributed by atoms with van der Waals surface area (Å²) in [4.78, 5) is 12.0. The number of benzene rings is 1. The van der Waals surface area contributed by atoms with Crippen molar-refractivity contribution in [2.45, 2.75) is 13.8 Å². The molecule has 0 aliphatic rings. The molecule has 0 amide bonds. The van der Waals surface area contributed by atoms with Crippen molar-refractivity contribution in [3.63, 3.8) is 0 Å². The van der Waals surface area contributed by atoms with Crippen LogP contribution in [0.3, 0.4) is 0 Å². The lowest BCUT2D eigenvalue weighted by Crippen LogP contribution is -1.94. The van der Waals surface area contributed by atoms with Crippen molar-refractivity contribution in [3.8, 4) is 5.75 Å². The van der Waals surface area contributed by atoms with Gasteiger partial charge in [-0.2, -0.15) is 5.10 Å². The van der Waals surface area contributed by atoms with Crippen LogP contribution >= 0.6 is 0 Å². The van der Waals surface area contributed by atoms with Crippen molar-refractivity contribution in [2.24, 2.45) is 7.05 Å². The minimum absolute atomic E-state index is 0.0948. The summed E-state index contributed by atoms with van der Waals surface area (Å²) in [6, 6.07) is 6.21. The van der Waals surface area contributed by atoms with Gasteiger partial charge in [0.15, 0.2) is 5.78 Å². The third-order valence-corrected chi connectivity index (χ3v) is 3.12. The molecule has 1 aromatic heterocycles. The van der Waals surface area contributed by atoms with E-state index in [2.05, 4.69) is 5.10 Å². The molecule has 0 atom stereocenters. The first kappa shape index (κ1) is 13.1.